The van der Waals surface area contributed by atoms with E-state index in [1.807, 2.05) is 6.92 Å². The maximum Gasteiger partial charge on any atom is 0.271 e. The summed E-state index contributed by atoms with van der Waals surface area (Å²) in [7, 11) is 2.18. The summed E-state index contributed by atoms with van der Waals surface area (Å²) in [6.45, 7) is 14.1. The summed E-state index contributed by atoms with van der Waals surface area (Å²) in [5.41, 5.74) is 10.2. The Morgan fingerprint density at radius 1 is 1.14 bits per heavy atom. The molecule has 4 N–H and O–H groups in total. The summed E-state index contributed by atoms with van der Waals surface area (Å²) in [5, 5.41) is 6.81. The van der Waals surface area contributed by atoms with Gasteiger partial charge in [-0.2, -0.15) is 0 Å². The first kappa shape index (κ1) is 25.2. The van der Waals surface area contributed by atoms with Gasteiger partial charge in [0, 0.05) is 63.8 Å². The SMILES string of the molecule is CCc1nc(C(N)=O)c(NC2=C/C(C)C/C=C(N3CCN(C)CC3)/C(C)=C\2)nc1N1CCNCC1. The predicted octanol–water partition coefficient (Wildman–Crippen LogP) is 1.96. The van der Waals surface area contributed by atoms with Gasteiger partial charge in [0.15, 0.2) is 17.3 Å². The van der Waals surface area contributed by atoms with Crippen molar-refractivity contribution in [2.75, 3.05) is 69.6 Å². The second kappa shape index (κ2) is 11.2. The highest BCUT2D eigenvalue weighted by Crippen LogP contribution is 2.28. The molecule has 1 unspecified atom stereocenters. The molecule has 2 fully saturated rings. The molecule has 1 aromatic rings. The summed E-state index contributed by atoms with van der Waals surface area (Å²) in [6, 6.07) is 0. The van der Waals surface area contributed by atoms with Crippen LogP contribution >= 0.6 is 0 Å². The summed E-state index contributed by atoms with van der Waals surface area (Å²) in [5.74, 6) is 1.02. The molecule has 1 atom stereocenters. The normalized spacial score (nSPS) is 26.5. The third-order valence-corrected chi connectivity index (χ3v) is 6.96. The van der Waals surface area contributed by atoms with Gasteiger partial charge in [0.2, 0.25) is 0 Å². The van der Waals surface area contributed by atoms with Gasteiger partial charge in [0.1, 0.15) is 0 Å². The molecular formula is C26H40N8O. The number of nitrogens with one attached hydrogen (secondary N) is 2. The molecule has 1 aromatic heterocycles. The van der Waals surface area contributed by atoms with Crippen molar-refractivity contribution in [1.29, 1.82) is 0 Å². The van der Waals surface area contributed by atoms with E-state index >= 15 is 0 Å². The second-order valence-corrected chi connectivity index (χ2v) is 9.81. The van der Waals surface area contributed by atoms with Crippen LogP contribution in [0, 0.1) is 5.92 Å². The Morgan fingerprint density at radius 3 is 2.51 bits per heavy atom. The minimum Gasteiger partial charge on any atom is -0.369 e. The lowest BCUT2D eigenvalue weighted by molar-refractivity contribution is 0.0996. The number of anilines is 2. The standard InChI is InChI=1S/C26H40N8O/c1-5-21-26(34-10-8-28-9-11-34)31-25(23(30-21)24(27)35)29-20-16-18(2)6-7-22(19(3)17-20)33-14-12-32(4)13-15-33/h7,16-18,28H,5-6,8-15H2,1-4H3,(H2,27,35)(H,29,31)/b19-17-,20-16+,22-7-. The van der Waals surface area contributed by atoms with Crippen LogP contribution in [0.3, 0.4) is 0 Å². The number of nitrogens with zero attached hydrogens (tertiary/aromatic N) is 5. The summed E-state index contributed by atoms with van der Waals surface area (Å²) in [4.78, 5) is 29.0. The number of nitrogens with two attached hydrogens (primary N) is 1. The van der Waals surface area contributed by atoms with E-state index in [1.54, 1.807) is 0 Å². The molecule has 1 aliphatic carbocycles. The molecule has 9 nitrogen and oxygen atoms in total. The van der Waals surface area contributed by atoms with Gasteiger partial charge in [-0.3, -0.25) is 4.79 Å². The third kappa shape index (κ3) is 6.02. The largest absolute Gasteiger partial charge is 0.369 e. The molecule has 2 saturated heterocycles. The van der Waals surface area contributed by atoms with Crippen molar-refractivity contribution in [3.63, 3.8) is 0 Å². The molecule has 1 amide bonds. The number of amides is 1. The van der Waals surface area contributed by atoms with Gasteiger partial charge in [0.05, 0.1) is 5.69 Å². The van der Waals surface area contributed by atoms with Crippen molar-refractivity contribution in [3.8, 4) is 0 Å². The smallest absolute Gasteiger partial charge is 0.271 e. The molecule has 0 aromatic carbocycles. The minimum absolute atomic E-state index is 0.192. The minimum atomic E-state index is -0.570. The van der Waals surface area contributed by atoms with Gasteiger partial charge in [-0.15, -0.1) is 0 Å². The number of hydrogen-bond acceptors (Lipinski definition) is 8. The van der Waals surface area contributed by atoms with Crippen molar-refractivity contribution in [2.45, 2.75) is 33.6 Å². The highest BCUT2D eigenvalue weighted by Gasteiger charge is 2.23. The highest BCUT2D eigenvalue weighted by molar-refractivity contribution is 5.96. The maximum absolute atomic E-state index is 12.4. The highest BCUT2D eigenvalue weighted by atomic mass is 16.1. The first-order valence-electron chi connectivity index (χ1n) is 12.8. The molecule has 3 aliphatic rings. The zero-order chi connectivity index (χ0) is 24.9. The third-order valence-electron chi connectivity index (χ3n) is 6.96. The van der Waals surface area contributed by atoms with Crippen LogP contribution in [0.5, 0.6) is 0 Å². The number of piperazine rings is 2. The van der Waals surface area contributed by atoms with E-state index in [1.165, 1.54) is 11.3 Å². The second-order valence-electron chi connectivity index (χ2n) is 9.81. The van der Waals surface area contributed by atoms with E-state index in [0.717, 1.165) is 76.0 Å². The Labute approximate surface area is 209 Å². The van der Waals surface area contributed by atoms with Crippen molar-refractivity contribution < 1.29 is 4.79 Å². The van der Waals surface area contributed by atoms with Crippen LogP contribution in [-0.4, -0.2) is 85.1 Å². The number of aryl methyl sites for hydroxylation is 1. The summed E-state index contributed by atoms with van der Waals surface area (Å²) < 4.78 is 0. The maximum atomic E-state index is 12.4. The van der Waals surface area contributed by atoms with E-state index < -0.39 is 5.91 Å². The topological polar surface area (TPSA) is 103 Å². The van der Waals surface area contributed by atoms with Crippen LogP contribution in [0.1, 0.15) is 43.4 Å². The quantitative estimate of drug-likeness (QED) is 0.568. The number of aromatic nitrogens is 2. The number of hydrogen-bond donors (Lipinski definition) is 3. The Kier molecular flexibility index (Phi) is 8.07. The fourth-order valence-corrected chi connectivity index (χ4v) is 4.92. The van der Waals surface area contributed by atoms with Gasteiger partial charge < -0.3 is 31.1 Å². The van der Waals surface area contributed by atoms with E-state index in [-0.39, 0.29) is 5.69 Å². The first-order valence-corrected chi connectivity index (χ1v) is 12.8. The molecule has 0 saturated carbocycles. The molecule has 0 radical (unpaired) electrons. The summed E-state index contributed by atoms with van der Waals surface area (Å²) >= 11 is 0. The van der Waals surface area contributed by atoms with Crippen molar-refractivity contribution >= 4 is 17.5 Å². The molecular weight excluding hydrogens is 440 g/mol. The lowest BCUT2D eigenvalue weighted by atomic mass is 9.99. The number of primary amides is 1. The van der Waals surface area contributed by atoms with E-state index in [0.29, 0.717) is 18.2 Å². The number of carbonyl (C=O) groups is 1. The molecule has 9 heteroatoms. The Morgan fingerprint density at radius 2 is 1.86 bits per heavy atom. The molecule has 4 rings (SSSR count). The molecule has 35 heavy (non-hydrogen) atoms. The van der Waals surface area contributed by atoms with Gasteiger partial charge in [-0.05, 0) is 44.4 Å². The Hall–Kier alpha value is -2.91. The molecule has 0 spiro atoms. The van der Waals surface area contributed by atoms with Gasteiger partial charge in [-0.1, -0.05) is 26.0 Å². The average Bonchev–Trinajstić information content (AvgIpc) is 2.84. The lowest BCUT2D eigenvalue weighted by Gasteiger charge is -2.36. The van der Waals surface area contributed by atoms with E-state index in [2.05, 4.69) is 69.4 Å². The molecule has 0 bridgehead atoms. The van der Waals surface area contributed by atoms with Gasteiger partial charge in [0.25, 0.3) is 5.91 Å². The predicted molar refractivity (Wildman–Crippen MR) is 141 cm³/mol. The molecule has 190 valence electrons. The zero-order valence-electron chi connectivity index (χ0n) is 21.6. The van der Waals surface area contributed by atoms with Crippen LogP contribution in [0.4, 0.5) is 11.6 Å². The van der Waals surface area contributed by atoms with Crippen LogP contribution in [0.25, 0.3) is 0 Å². The van der Waals surface area contributed by atoms with E-state index in [9.17, 15) is 4.79 Å². The molecule has 3 heterocycles. The van der Waals surface area contributed by atoms with Gasteiger partial charge in [-0.25, -0.2) is 9.97 Å². The summed E-state index contributed by atoms with van der Waals surface area (Å²) in [6.07, 6.45) is 8.36. The monoisotopic (exact) mass is 480 g/mol. The lowest BCUT2D eigenvalue weighted by Crippen LogP contribution is -2.44. The number of rotatable bonds is 6. The van der Waals surface area contributed by atoms with Crippen LogP contribution in [-0.2, 0) is 6.42 Å². The average molecular weight is 481 g/mol. The van der Waals surface area contributed by atoms with Crippen LogP contribution in [0.2, 0.25) is 0 Å². The number of carbonyl (C=O) groups excluding carboxylic acids is 1. The van der Waals surface area contributed by atoms with Crippen molar-refractivity contribution in [1.82, 2.24) is 25.1 Å². The van der Waals surface area contributed by atoms with Crippen molar-refractivity contribution in [2.24, 2.45) is 11.7 Å². The van der Waals surface area contributed by atoms with Crippen LogP contribution < -0.4 is 21.3 Å². The fraction of sp³-hybridized carbons (Fsp3) is 0.577. The zero-order valence-corrected chi connectivity index (χ0v) is 21.6. The Balaban J connectivity index is 1.66. The first-order chi connectivity index (χ1) is 16.9. The van der Waals surface area contributed by atoms with Gasteiger partial charge >= 0.3 is 0 Å². The van der Waals surface area contributed by atoms with Crippen LogP contribution in [0.15, 0.2) is 35.2 Å². The molecule has 2 aliphatic heterocycles. The number of likely N-dealkylation sites (N-methyl/N-ethyl adjacent to an activating group) is 1. The Bertz CT molecular complexity index is 1020. The number of allylic oxidation sites excluding steroid dienone is 4. The van der Waals surface area contributed by atoms with Crippen molar-refractivity contribution in [3.05, 3.63) is 46.6 Å². The fourth-order valence-electron chi connectivity index (χ4n) is 4.92. The van der Waals surface area contributed by atoms with E-state index in [4.69, 9.17) is 10.7 Å².